The van der Waals surface area contributed by atoms with Crippen molar-refractivity contribution in [3.63, 3.8) is 0 Å². The van der Waals surface area contributed by atoms with E-state index in [1.165, 1.54) is 19.3 Å². The largest absolute Gasteiger partial charge is 0.447 e. The minimum absolute atomic E-state index is 0.166. The van der Waals surface area contributed by atoms with Crippen LogP contribution in [0.4, 0.5) is 4.79 Å². The molecule has 0 aromatic rings. The first-order valence-corrected chi connectivity index (χ1v) is 7.80. The first-order valence-electron chi connectivity index (χ1n) is 7.80. The van der Waals surface area contributed by atoms with Gasteiger partial charge in [0.2, 0.25) is 0 Å². The van der Waals surface area contributed by atoms with Crippen LogP contribution in [0, 0.1) is 5.92 Å². The van der Waals surface area contributed by atoms with Gasteiger partial charge in [0.1, 0.15) is 6.61 Å². The molecule has 1 unspecified atom stereocenters. The van der Waals surface area contributed by atoms with Crippen molar-refractivity contribution in [1.82, 2.24) is 4.90 Å². The van der Waals surface area contributed by atoms with Gasteiger partial charge in [-0.25, -0.2) is 4.79 Å². The molecule has 2 rings (SSSR count). The highest BCUT2D eigenvalue weighted by Crippen LogP contribution is 2.25. The van der Waals surface area contributed by atoms with Crippen LogP contribution in [0.25, 0.3) is 0 Å². The van der Waals surface area contributed by atoms with E-state index in [0.29, 0.717) is 12.5 Å². The molecule has 1 saturated heterocycles. The summed E-state index contributed by atoms with van der Waals surface area (Å²) in [4.78, 5) is 13.9. The summed E-state index contributed by atoms with van der Waals surface area (Å²) in [5.41, 5.74) is 6.08. The molecule has 2 fully saturated rings. The van der Waals surface area contributed by atoms with Gasteiger partial charge in [0.05, 0.1) is 5.54 Å². The molecule has 1 atom stereocenters. The highest BCUT2D eigenvalue weighted by molar-refractivity contribution is 5.67. The standard InChI is InChI=1S/C15H28N2O2/c1-13-7-6-10-17(11-13)14(18)19-12-15(16)8-4-2-3-5-9-15/h13H,2-12,16H2,1H3. The zero-order chi connectivity index (χ0) is 13.7. The van der Waals surface area contributed by atoms with Crippen molar-refractivity contribution in [3.8, 4) is 0 Å². The van der Waals surface area contributed by atoms with Crippen molar-refractivity contribution in [2.45, 2.75) is 63.8 Å². The lowest BCUT2D eigenvalue weighted by atomic mass is 9.93. The molecule has 2 aliphatic rings. The molecule has 4 heteroatoms. The lowest BCUT2D eigenvalue weighted by molar-refractivity contribution is 0.0645. The number of carbonyl (C=O) groups is 1. The van der Waals surface area contributed by atoms with Gasteiger partial charge in [0, 0.05) is 13.1 Å². The van der Waals surface area contributed by atoms with Gasteiger partial charge in [-0.2, -0.15) is 0 Å². The van der Waals surface area contributed by atoms with E-state index in [1.54, 1.807) is 0 Å². The fourth-order valence-electron chi connectivity index (χ4n) is 3.23. The molecule has 4 nitrogen and oxygen atoms in total. The number of hydrogen-bond acceptors (Lipinski definition) is 3. The monoisotopic (exact) mass is 268 g/mol. The number of nitrogens with zero attached hydrogens (tertiary/aromatic N) is 1. The Kier molecular flexibility index (Phi) is 5.08. The molecule has 1 aliphatic heterocycles. The number of ether oxygens (including phenoxy) is 1. The highest BCUT2D eigenvalue weighted by atomic mass is 16.6. The lowest BCUT2D eigenvalue weighted by Crippen LogP contribution is -2.47. The topological polar surface area (TPSA) is 55.6 Å². The summed E-state index contributed by atoms with van der Waals surface area (Å²) < 4.78 is 5.49. The van der Waals surface area contributed by atoms with Crippen molar-refractivity contribution < 1.29 is 9.53 Å². The summed E-state index contributed by atoms with van der Waals surface area (Å²) in [5, 5.41) is 0. The Hall–Kier alpha value is -0.770. The van der Waals surface area contributed by atoms with Crippen LogP contribution in [-0.4, -0.2) is 36.2 Å². The molecule has 1 saturated carbocycles. The van der Waals surface area contributed by atoms with Crippen LogP contribution in [0.15, 0.2) is 0 Å². The Balaban J connectivity index is 1.78. The van der Waals surface area contributed by atoms with Gasteiger partial charge < -0.3 is 15.4 Å². The molecule has 1 amide bonds. The van der Waals surface area contributed by atoms with Crippen LogP contribution in [0.3, 0.4) is 0 Å². The van der Waals surface area contributed by atoms with Gasteiger partial charge in [-0.05, 0) is 31.6 Å². The van der Waals surface area contributed by atoms with E-state index in [-0.39, 0.29) is 11.6 Å². The van der Waals surface area contributed by atoms with E-state index in [4.69, 9.17) is 10.5 Å². The second-order valence-corrected chi connectivity index (χ2v) is 6.52. The number of hydrogen-bond donors (Lipinski definition) is 1. The summed E-state index contributed by atoms with van der Waals surface area (Å²) >= 11 is 0. The molecular formula is C15H28N2O2. The van der Waals surface area contributed by atoms with Crippen molar-refractivity contribution in [2.75, 3.05) is 19.7 Å². The van der Waals surface area contributed by atoms with E-state index in [0.717, 1.165) is 45.2 Å². The summed E-state index contributed by atoms with van der Waals surface area (Å²) in [6, 6.07) is 0. The average Bonchev–Trinajstić information content (AvgIpc) is 2.61. The van der Waals surface area contributed by atoms with E-state index in [2.05, 4.69) is 6.92 Å². The van der Waals surface area contributed by atoms with Gasteiger partial charge in [0.25, 0.3) is 0 Å². The predicted octanol–water partition coefficient (Wildman–Crippen LogP) is 2.91. The third-order valence-electron chi connectivity index (χ3n) is 4.50. The zero-order valence-corrected chi connectivity index (χ0v) is 12.2. The molecule has 19 heavy (non-hydrogen) atoms. The van der Waals surface area contributed by atoms with Gasteiger partial charge in [-0.15, -0.1) is 0 Å². The number of nitrogens with two attached hydrogens (primary N) is 1. The predicted molar refractivity (Wildman–Crippen MR) is 75.9 cm³/mol. The Morgan fingerprint density at radius 1 is 1.26 bits per heavy atom. The molecule has 1 heterocycles. The number of carbonyl (C=O) groups excluding carboxylic acids is 1. The van der Waals surface area contributed by atoms with Crippen molar-refractivity contribution in [3.05, 3.63) is 0 Å². The molecular weight excluding hydrogens is 240 g/mol. The molecule has 0 spiro atoms. The van der Waals surface area contributed by atoms with Crippen molar-refractivity contribution >= 4 is 6.09 Å². The molecule has 2 N–H and O–H groups in total. The Morgan fingerprint density at radius 2 is 1.95 bits per heavy atom. The van der Waals surface area contributed by atoms with Crippen LogP contribution in [0.5, 0.6) is 0 Å². The molecule has 1 aliphatic carbocycles. The maximum atomic E-state index is 12.1. The minimum Gasteiger partial charge on any atom is -0.447 e. The van der Waals surface area contributed by atoms with E-state index >= 15 is 0 Å². The summed E-state index contributed by atoms with van der Waals surface area (Å²) in [6.07, 6.45) is 8.94. The van der Waals surface area contributed by atoms with Gasteiger partial charge in [0.15, 0.2) is 0 Å². The van der Waals surface area contributed by atoms with E-state index in [1.807, 2.05) is 4.90 Å². The van der Waals surface area contributed by atoms with Gasteiger partial charge >= 0.3 is 6.09 Å². The number of likely N-dealkylation sites (tertiary alicyclic amines) is 1. The fourth-order valence-corrected chi connectivity index (χ4v) is 3.23. The smallest absolute Gasteiger partial charge is 0.409 e. The second-order valence-electron chi connectivity index (χ2n) is 6.52. The third-order valence-corrected chi connectivity index (χ3v) is 4.50. The quantitative estimate of drug-likeness (QED) is 0.783. The summed E-state index contributed by atoms with van der Waals surface area (Å²) in [6.45, 7) is 4.24. The highest BCUT2D eigenvalue weighted by Gasteiger charge is 2.29. The summed E-state index contributed by atoms with van der Waals surface area (Å²) in [7, 11) is 0. The Labute approximate surface area is 116 Å². The zero-order valence-electron chi connectivity index (χ0n) is 12.2. The molecule has 0 bridgehead atoms. The first kappa shape index (κ1) is 14.6. The maximum absolute atomic E-state index is 12.1. The van der Waals surface area contributed by atoms with Crippen LogP contribution < -0.4 is 5.73 Å². The third kappa shape index (κ3) is 4.37. The van der Waals surface area contributed by atoms with Crippen LogP contribution in [0.1, 0.15) is 58.3 Å². The first-order chi connectivity index (χ1) is 9.09. The van der Waals surface area contributed by atoms with Crippen LogP contribution in [-0.2, 0) is 4.74 Å². The lowest BCUT2D eigenvalue weighted by Gasteiger charge is -2.32. The van der Waals surface area contributed by atoms with Gasteiger partial charge in [-0.1, -0.05) is 32.6 Å². The SMILES string of the molecule is CC1CCCN(C(=O)OCC2(N)CCCCCC2)C1. The Morgan fingerprint density at radius 3 is 2.58 bits per heavy atom. The van der Waals surface area contributed by atoms with E-state index < -0.39 is 0 Å². The minimum atomic E-state index is -0.284. The molecule has 0 radical (unpaired) electrons. The number of amides is 1. The summed E-state index contributed by atoms with van der Waals surface area (Å²) in [5.74, 6) is 0.589. The average molecular weight is 268 g/mol. The van der Waals surface area contributed by atoms with Gasteiger partial charge in [-0.3, -0.25) is 0 Å². The van der Waals surface area contributed by atoms with Crippen molar-refractivity contribution in [1.29, 1.82) is 0 Å². The van der Waals surface area contributed by atoms with Crippen LogP contribution >= 0.6 is 0 Å². The van der Waals surface area contributed by atoms with Crippen molar-refractivity contribution in [2.24, 2.45) is 11.7 Å². The fraction of sp³-hybridized carbons (Fsp3) is 0.933. The second kappa shape index (κ2) is 6.60. The Bertz CT molecular complexity index is 299. The normalized spacial score (nSPS) is 27.7. The molecule has 0 aromatic carbocycles. The van der Waals surface area contributed by atoms with E-state index in [9.17, 15) is 4.79 Å². The number of piperidine rings is 1. The maximum Gasteiger partial charge on any atom is 0.409 e. The van der Waals surface area contributed by atoms with Crippen LogP contribution in [0.2, 0.25) is 0 Å². The molecule has 0 aromatic heterocycles. The number of rotatable bonds is 2. The molecule has 110 valence electrons.